The lowest BCUT2D eigenvalue weighted by atomic mass is 9.64. The number of rotatable bonds is 8. The lowest BCUT2D eigenvalue weighted by Crippen LogP contribution is -2.39. The van der Waals surface area contributed by atoms with Gasteiger partial charge in [-0.3, -0.25) is 9.52 Å². The van der Waals surface area contributed by atoms with Crippen LogP contribution in [0.5, 0.6) is 11.5 Å². The number of para-hydroxylation sites is 1. The number of sulfonamides is 1. The summed E-state index contributed by atoms with van der Waals surface area (Å²) < 4.78 is 40.1. The van der Waals surface area contributed by atoms with Gasteiger partial charge in [0.1, 0.15) is 28.8 Å². The van der Waals surface area contributed by atoms with Gasteiger partial charge in [-0.05, 0) is 50.7 Å². The van der Waals surface area contributed by atoms with Crippen LogP contribution in [0.3, 0.4) is 0 Å². The molecule has 0 aromatic heterocycles. The summed E-state index contributed by atoms with van der Waals surface area (Å²) >= 11 is 0. The van der Waals surface area contributed by atoms with Crippen LogP contribution in [0.1, 0.15) is 30.4 Å². The minimum absolute atomic E-state index is 0.0579. The van der Waals surface area contributed by atoms with Gasteiger partial charge >= 0.3 is 0 Å². The molecule has 8 heteroatoms. The van der Waals surface area contributed by atoms with E-state index in [4.69, 9.17) is 9.47 Å². The number of hydrogen-bond donors (Lipinski definition) is 1. The van der Waals surface area contributed by atoms with E-state index in [1.54, 1.807) is 24.3 Å². The average Bonchev–Trinajstić information content (AvgIpc) is 2.99. The molecule has 0 heterocycles. The summed E-state index contributed by atoms with van der Waals surface area (Å²) in [4.78, 5) is 14.9. The van der Waals surface area contributed by atoms with E-state index in [0.717, 1.165) is 30.4 Å². The molecule has 1 spiro atoms. The molecule has 0 unspecified atom stereocenters. The normalized spacial score (nSPS) is 16.8. The predicted molar refractivity (Wildman–Crippen MR) is 119 cm³/mol. The van der Waals surface area contributed by atoms with Crippen molar-refractivity contribution < 1.29 is 22.7 Å². The number of nitrogens with one attached hydrogen (secondary N) is 1. The lowest BCUT2D eigenvalue weighted by molar-refractivity contribution is -0.125. The molecule has 0 radical (unpaired) electrons. The number of anilines is 1. The first kappa shape index (κ1) is 21.6. The molecule has 166 valence electrons. The predicted octanol–water partition coefficient (Wildman–Crippen LogP) is 2.98. The van der Waals surface area contributed by atoms with Gasteiger partial charge in [0.15, 0.2) is 0 Å². The highest BCUT2D eigenvalue weighted by Crippen LogP contribution is 2.53. The maximum Gasteiger partial charge on any atom is 0.265 e. The van der Waals surface area contributed by atoms with Crippen LogP contribution in [-0.4, -0.2) is 53.5 Å². The van der Waals surface area contributed by atoms with Crippen LogP contribution < -0.4 is 14.2 Å². The third-order valence-corrected chi connectivity index (χ3v) is 7.63. The maximum absolute atomic E-state index is 13.1. The highest BCUT2D eigenvalue weighted by molar-refractivity contribution is 7.92. The summed E-state index contributed by atoms with van der Waals surface area (Å²) in [6, 6.07) is 9.97. The van der Waals surface area contributed by atoms with Gasteiger partial charge in [-0.25, -0.2) is 8.42 Å². The number of carbonyl (C=O) groups excluding carboxylic acids is 1. The molecule has 0 bridgehead atoms. The fourth-order valence-corrected chi connectivity index (χ4v) is 5.60. The zero-order valence-electron chi connectivity index (χ0n) is 18.1. The summed E-state index contributed by atoms with van der Waals surface area (Å²) in [5.74, 6) is 1.05. The lowest BCUT2D eigenvalue weighted by Gasteiger charge is -2.37. The fraction of sp³-hybridized carbons (Fsp3) is 0.435. The summed E-state index contributed by atoms with van der Waals surface area (Å²) in [6.45, 7) is 1.16. The number of carbonyl (C=O) groups is 1. The van der Waals surface area contributed by atoms with Crippen LogP contribution in [0, 0.1) is 0 Å². The first-order chi connectivity index (χ1) is 14.8. The largest absolute Gasteiger partial charge is 0.495 e. The molecule has 2 aliphatic rings. The van der Waals surface area contributed by atoms with Crippen molar-refractivity contribution in [2.45, 2.75) is 36.0 Å². The highest BCUT2D eigenvalue weighted by atomic mass is 32.2. The number of fused-ring (bicyclic) bond motifs is 2. The van der Waals surface area contributed by atoms with Gasteiger partial charge in [-0.15, -0.1) is 0 Å². The quantitative estimate of drug-likeness (QED) is 0.674. The summed E-state index contributed by atoms with van der Waals surface area (Å²) in [7, 11) is 1.46. The molecular weight excluding hydrogens is 416 g/mol. The molecule has 1 N–H and O–H groups in total. The second kappa shape index (κ2) is 8.16. The fourth-order valence-electron chi connectivity index (χ4n) is 4.39. The van der Waals surface area contributed by atoms with E-state index >= 15 is 0 Å². The van der Waals surface area contributed by atoms with E-state index in [0.29, 0.717) is 31.0 Å². The Morgan fingerprint density at radius 2 is 1.87 bits per heavy atom. The Hall–Kier alpha value is -2.58. The molecule has 7 nitrogen and oxygen atoms in total. The van der Waals surface area contributed by atoms with Gasteiger partial charge in [0.25, 0.3) is 10.0 Å². The van der Waals surface area contributed by atoms with Gasteiger partial charge < -0.3 is 14.4 Å². The van der Waals surface area contributed by atoms with E-state index < -0.39 is 15.4 Å². The van der Waals surface area contributed by atoms with Crippen molar-refractivity contribution in [3.8, 4) is 11.5 Å². The van der Waals surface area contributed by atoms with E-state index in [2.05, 4.69) is 4.72 Å². The van der Waals surface area contributed by atoms with Crippen molar-refractivity contribution in [2.24, 2.45) is 0 Å². The Kier molecular flexibility index (Phi) is 5.70. The van der Waals surface area contributed by atoms with E-state index in [9.17, 15) is 13.2 Å². The highest BCUT2D eigenvalue weighted by Gasteiger charge is 2.51. The van der Waals surface area contributed by atoms with Gasteiger partial charge in [0, 0.05) is 24.6 Å². The van der Waals surface area contributed by atoms with Crippen LogP contribution >= 0.6 is 0 Å². The molecule has 0 atom stereocenters. The smallest absolute Gasteiger partial charge is 0.265 e. The molecule has 31 heavy (non-hydrogen) atoms. The Morgan fingerprint density at radius 3 is 2.52 bits per heavy atom. The third-order valence-electron chi connectivity index (χ3n) is 6.21. The molecular formula is C23H28N2O5S. The van der Waals surface area contributed by atoms with Crippen LogP contribution in [-0.2, 0) is 26.7 Å². The number of hydrogen-bond acceptors (Lipinski definition) is 6. The number of likely N-dealkylation sites (N-methyl/N-ethyl adjacent to an activating group) is 1. The zero-order chi connectivity index (χ0) is 22.2. The van der Waals surface area contributed by atoms with Gasteiger partial charge in [0.2, 0.25) is 0 Å². The minimum atomic E-state index is -3.89. The van der Waals surface area contributed by atoms with E-state index in [1.807, 2.05) is 25.1 Å². The molecule has 0 aliphatic heterocycles. The number of nitrogens with zero attached hydrogens (tertiary/aromatic N) is 1. The minimum Gasteiger partial charge on any atom is -0.495 e. The summed E-state index contributed by atoms with van der Waals surface area (Å²) in [5.41, 5.74) is 1.71. The number of ketones is 1. The number of methoxy groups -OCH3 is 1. The second-order valence-electron chi connectivity index (χ2n) is 8.44. The molecule has 2 aromatic rings. The SMILES string of the molecule is COc1ccccc1S(=O)(=O)Nc1cc(OCCN(C)C)c2c(c1)C1(CCC1)C(=O)C2. The first-order valence-corrected chi connectivity index (χ1v) is 11.9. The van der Waals surface area contributed by atoms with Crippen molar-refractivity contribution in [3.05, 3.63) is 47.5 Å². The zero-order valence-corrected chi connectivity index (χ0v) is 18.9. The molecule has 1 saturated carbocycles. The van der Waals surface area contributed by atoms with Crippen LogP contribution in [0.15, 0.2) is 41.3 Å². The second-order valence-corrected chi connectivity index (χ2v) is 10.1. The van der Waals surface area contributed by atoms with E-state index in [1.165, 1.54) is 13.2 Å². The van der Waals surface area contributed by atoms with Crippen molar-refractivity contribution in [2.75, 3.05) is 39.1 Å². The van der Waals surface area contributed by atoms with Crippen LogP contribution in [0.4, 0.5) is 5.69 Å². The standard InChI is InChI=1S/C23H28N2O5S/c1-25(2)11-12-30-20-14-16(13-18-17(20)15-22(26)23(18)9-6-10-23)24-31(27,28)21-8-5-4-7-19(21)29-3/h4-5,7-8,13-14,24H,6,9-12,15H2,1-3H3. The van der Waals surface area contributed by atoms with E-state index in [-0.39, 0.29) is 16.4 Å². The number of Topliss-reactive ketones (excluding diaryl/α,β-unsaturated/α-hetero) is 1. The van der Waals surface area contributed by atoms with Crippen molar-refractivity contribution in [1.29, 1.82) is 0 Å². The molecule has 2 aliphatic carbocycles. The molecule has 1 fully saturated rings. The Morgan fingerprint density at radius 1 is 1.13 bits per heavy atom. The molecule has 0 amide bonds. The van der Waals surface area contributed by atoms with Crippen molar-refractivity contribution in [1.82, 2.24) is 4.90 Å². The Balaban J connectivity index is 1.72. The van der Waals surface area contributed by atoms with Crippen molar-refractivity contribution >= 4 is 21.5 Å². The number of ether oxygens (including phenoxy) is 2. The van der Waals surface area contributed by atoms with Crippen molar-refractivity contribution in [3.63, 3.8) is 0 Å². The summed E-state index contributed by atoms with van der Waals surface area (Å²) in [5, 5.41) is 0. The maximum atomic E-state index is 13.1. The topological polar surface area (TPSA) is 84.9 Å². The van der Waals surface area contributed by atoms with Gasteiger partial charge in [-0.2, -0.15) is 0 Å². The van der Waals surface area contributed by atoms with Gasteiger partial charge in [-0.1, -0.05) is 18.6 Å². The average molecular weight is 445 g/mol. The monoisotopic (exact) mass is 444 g/mol. The Labute approximate surface area is 183 Å². The van der Waals surface area contributed by atoms with Crippen LogP contribution in [0.25, 0.3) is 0 Å². The van der Waals surface area contributed by atoms with Gasteiger partial charge in [0.05, 0.1) is 18.2 Å². The molecule has 2 aromatic carbocycles. The molecule has 4 rings (SSSR count). The third kappa shape index (κ3) is 3.90. The van der Waals surface area contributed by atoms with Crippen LogP contribution in [0.2, 0.25) is 0 Å². The Bertz CT molecular complexity index is 1110. The first-order valence-electron chi connectivity index (χ1n) is 10.4. The molecule has 0 saturated heterocycles. The number of benzene rings is 2. The summed E-state index contributed by atoms with van der Waals surface area (Å²) in [6.07, 6.45) is 2.95.